The summed E-state index contributed by atoms with van der Waals surface area (Å²) in [6.07, 6.45) is 25.2. The van der Waals surface area contributed by atoms with Gasteiger partial charge in [-0.05, 0) is 76.2 Å². The van der Waals surface area contributed by atoms with Gasteiger partial charge in [0.15, 0.2) is 0 Å². The second-order valence-electron chi connectivity index (χ2n) is 11.9. The van der Waals surface area contributed by atoms with Gasteiger partial charge in [-0.2, -0.15) is 0 Å². The van der Waals surface area contributed by atoms with Gasteiger partial charge in [-0.25, -0.2) is 0 Å². The monoisotopic (exact) mass is 403 g/mol. The second kappa shape index (κ2) is 11.5. The molecule has 2 aliphatic carbocycles. The van der Waals surface area contributed by atoms with Crippen molar-refractivity contribution in [1.29, 1.82) is 0 Å². The molecular weight excluding hydrogens is 350 g/mol. The number of likely N-dealkylation sites (tertiary alicyclic amines) is 1. The Bertz CT molecular complexity index is 449. The minimum atomic E-state index is 0.416. The summed E-state index contributed by atoms with van der Waals surface area (Å²) in [4.78, 5) is 2.99. The van der Waals surface area contributed by atoms with Gasteiger partial charge in [0, 0.05) is 11.6 Å². The highest BCUT2D eigenvalue weighted by Gasteiger charge is 2.46. The molecule has 1 nitrogen and oxygen atoms in total. The van der Waals surface area contributed by atoms with Gasteiger partial charge in [-0.15, -0.1) is 0 Å². The maximum atomic E-state index is 2.99. The molecule has 1 heterocycles. The quantitative estimate of drug-likeness (QED) is 0.330. The summed E-state index contributed by atoms with van der Waals surface area (Å²) in [7, 11) is 0. The number of piperidine rings is 1. The van der Waals surface area contributed by atoms with Crippen LogP contribution in [0.3, 0.4) is 0 Å². The fourth-order valence-corrected chi connectivity index (χ4v) is 7.52. The molecule has 0 aromatic rings. The third-order valence-corrected chi connectivity index (χ3v) is 9.16. The summed E-state index contributed by atoms with van der Waals surface area (Å²) in [5.74, 6) is 4.02. The lowest BCUT2D eigenvalue weighted by atomic mass is 9.64. The molecule has 3 fully saturated rings. The van der Waals surface area contributed by atoms with Gasteiger partial charge < -0.3 is 0 Å². The number of rotatable bonds is 10. The highest BCUT2D eigenvalue weighted by Crippen LogP contribution is 2.48. The molecule has 0 radical (unpaired) electrons. The summed E-state index contributed by atoms with van der Waals surface area (Å²) in [5, 5.41) is 0. The minimum Gasteiger partial charge on any atom is -0.295 e. The summed E-state index contributed by atoms with van der Waals surface area (Å²) in [6.45, 7) is 11.4. The zero-order chi connectivity index (χ0) is 20.7. The first-order valence-electron chi connectivity index (χ1n) is 13.8. The highest BCUT2D eigenvalue weighted by molar-refractivity contribution is 5.00. The van der Waals surface area contributed by atoms with Gasteiger partial charge in [0.2, 0.25) is 0 Å². The molecule has 29 heavy (non-hydrogen) atoms. The molecular formula is C28H53N. The largest absolute Gasteiger partial charge is 0.295 e. The number of unbranched alkanes of at least 4 members (excludes halogenated alkanes) is 5. The van der Waals surface area contributed by atoms with Crippen LogP contribution in [-0.2, 0) is 0 Å². The van der Waals surface area contributed by atoms with Crippen LogP contribution in [0.2, 0.25) is 0 Å². The van der Waals surface area contributed by atoms with Crippen LogP contribution in [0.15, 0.2) is 0 Å². The maximum Gasteiger partial charge on any atom is 0.0158 e. The highest BCUT2D eigenvalue weighted by atomic mass is 15.2. The van der Waals surface area contributed by atoms with Crippen LogP contribution in [0.25, 0.3) is 0 Å². The molecule has 0 amide bonds. The van der Waals surface area contributed by atoms with Crippen molar-refractivity contribution in [3.05, 3.63) is 0 Å². The average molecular weight is 404 g/mol. The molecule has 1 saturated heterocycles. The number of hydrogen-bond acceptors (Lipinski definition) is 1. The SMILES string of the molecule is CCCCCCCCN1C2CCC(CCC3CCCCC3)CC2C(C)CC1(C)C. The predicted octanol–water partition coefficient (Wildman–Crippen LogP) is 8.61. The van der Waals surface area contributed by atoms with Gasteiger partial charge in [-0.1, -0.05) is 90.9 Å². The lowest BCUT2D eigenvalue weighted by molar-refractivity contribution is -0.0695. The Labute approximate surface area is 183 Å². The molecule has 0 N–H and O–H groups in total. The van der Waals surface area contributed by atoms with Gasteiger partial charge in [0.25, 0.3) is 0 Å². The fraction of sp³-hybridized carbons (Fsp3) is 1.00. The zero-order valence-corrected chi connectivity index (χ0v) is 20.6. The molecule has 3 rings (SSSR count). The van der Waals surface area contributed by atoms with Crippen LogP contribution in [0.1, 0.15) is 137 Å². The molecule has 0 aromatic heterocycles. The van der Waals surface area contributed by atoms with Crippen LogP contribution >= 0.6 is 0 Å². The Morgan fingerprint density at radius 3 is 2.24 bits per heavy atom. The predicted molar refractivity (Wildman–Crippen MR) is 128 cm³/mol. The summed E-state index contributed by atoms with van der Waals surface area (Å²) < 4.78 is 0. The molecule has 170 valence electrons. The molecule has 4 unspecified atom stereocenters. The van der Waals surface area contributed by atoms with Crippen LogP contribution < -0.4 is 0 Å². The van der Waals surface area contributed by atoms with Crippen LogP contribution in [0, 0.1) is 23.7 Å². The average Bonchev–Trinajstić information content (AvgIpc) is 2.71. The Hall–Kier alpha value is -0.0400. The summed E-state index contributed by atoms with van der Waals surface area (Å²) >= 11 is 0. The third-order valence-electron chi connectivity index (χ3n) is 9.16. The van der Waals surface area contributed by atoms with E-state index in [-0.39, 0.29) is 0 Å². The van der Waals surface area contributed by atoms with Crippen LogP contribution in [0.4, 0.5) is 0 Å². The van der Waals surface area contributed by atoms with Gasteiger partial charge in [-0.3, -0.25) is 4.90 Å². The van der Waals surface area contributed by atoms with Gasteiger partial charge in [0.1, 0.15) is 0 Å². The standard InChI is InChI=1S/C28H53N/c1-5-6-7-8-9-13-20-29-27-19-18-25(17-16-24-14-11-10-12-15-24)21-26(27)23(2)22-28(29,3)4/h23-27H,5-22H2,1-4H3. The first kappa shape index (κ1) is 23.6. The van der Waals surface area contributed by atoms with Crippen molar-refractivity contribution in [3.63, 3.8) is 0 Å². The number of fused-ring (bicyclic) bond motifs is 1. The van der Waals surface area contributed by atoms with E-state index in [2.05, 4.69) is 32.6 Å². The molecule has 0 spiro atoms. The van der Waals surface area contributed by atoms with Crippen molar-refractivity contribution in [2.45, 2.75) is 148 Å². The number of nitrogens with zero attached hydrogens (tertiary/aromatic N) is 1. The van der Waals surface area contributed by atoms with E-state index in [9.17, 15) is 0 Å². The Balaban J connectivity index is 1.48. The van der Waals surface area contributed by atoms with E-state index >= 15 is 0 Å². The number of hydrogen-bond donors (Lipinski definition) is 0. The molecule has 0 bridgehead atoms. The molecule has 2 saturated carbocycles. The van der Waals surface area contributed by atoms with Crippen molar-refractivity contribution in [3.8, 4) is 0 Å². The Morgan fingerprint density at radius 1 is 0.793 bits per heavy atom. The van der Waals surface area contributed by atoms with Crippen molar-refractivity contribution >= 4 is 0 Å². The molecule has 4 atom stereocenters. The summed E-state index contributed by atoms with van der Waals surface area (Å²) in [5.41, 5.74) is 0.416. The Kier molecular flexibility index (Phi) is 9.40. The minimum absolute atomic E-state index is 0.416. The van der Waals surface area contributed by atoms with E-state index in [4.69, 9.17) is 0 Å². The van der Waals surface area contributed by atoms with E-state index in [1.165, 1.54) is 96.4 Å². The van der Waals surface area contributed by atoms with Crippen molar-refractivity contribution in [2.75, 3.05) is 6.54 Å². The van der Waals surface area contributed by atoms with E-state index in [1.54, 1.807) is 19.3 Å². The smallest absolute Gasteiger partial charge is 0.0158 e. The van der Waals surface area contributed by atoms with E-state index in [0.29, 0.717) is 5.54 Å². The molecule has 1 heteroatoms. The van der Waals surface area contributed by atoms with Crippen LogP contribution in [0.5, 0.6) is 0 Å². The van der Waals surface area contributed by atoms with Crippen LogP contribution in [-0.4, -0.2) is 23.0 Å². The summed E-state index contributed by atoms with van der Waals surface area (Å²) in [6, 6.07) is 0.885. The maximum absolute atomic E-state index is 2.99. The normalized spacial score (nSPS) is 33.5. The lowest BCUT2D eigenvalue weighted by Crippen LogP contribution is -2.60. The fourth-order valence-electron chi connectivity index (χ4n) is 7.52. The Morgan fingerprint density at radius 2 is 1.48 bits per heavy atom. The zero-order valence-electron chi connectivity index (χ0n) is 20.6. The van der Waals surface area contributed by atoms with Crippen molar-refractivity contribution in [2.24, 2.45) is 23.7 Å². The van der Waals surface area contributed by atoms with Gasteiger partial charge >= 0.3 is 0 Å². The molecule has 3 aliphatic rings. The second-order valence-corrected chi connectivity index (χ2v) is 11.9. The van der Waals surface area contributed by atoms with E-state index < -0.39 is 0 Å². The first-order chi connectivity index (χ1) is 14.0. The molecule has 0 aromatic carbocycles. The third kappa shape index (κ3) is 6.72. The van der Waals surface area contributed by atoms with Gasteiger partial charge in [0.05, 0.1) is 0 Å². The topological polar surface area (TPSA) is 3.24 Å². The van der Waals surface area contributed by atoms with E-state index in [1.807, 2.05) is 0 Å². The van der Waals surface area contributed by atoms with Crippen molar-refractivity contribution in [1.82, 2.24) is 4.90 Å². The first-order valence-corrected chi connectivity index (χ1v) is 13.8. The lowest BCUT2D eigenvalue weighted by Gasteiger charge is -2.57. The molecule has 1 aliphatic heterocycles. The van der Waals surface area contributed by atoms with Crippen molar-refractivity contribution < 1.29 is 0 Å². The van der Waals surface area contributed by atoms with E-state index in [0.717, 1.165) is 29.7 Å².